The van der Waals surface area contributed by atoms with Gasteiger partial charge in [-0.25, -0.2) is 0 Å². The fourth-order valence-corrected chi connectivity index (χ4v) is 2.68. The van der Waals surface area contributed by atoms with Crippen LogP contribution in [0.4, 0.5) is 0 Å². The third kappa shape index (κ3) is 5.39. The number of aliphatic imine (C=N–C) groups is 1. The van der Waals surface area contributed by atoms with Gasteiger partial charge in [0.15, 0.2) is 5.96 Å². The third-order valence-electron chi connectivity index (χ3n) is 4.22. The fourth-order valence-electron chi connectivity index (χ4n) is 2.68. The Kier molecular flexibility index (Phi) is 6.87. The lowest BCUT2D eigenvalue weighted by atomic mass is 9.95. The van der Waals surface area contributed by atoms with Gasteiger partial charge in [0.1, 0.15) is 5.75 Å². The molecule has 0 atom stereocenters. The number of guanidine groups is 1. The quantitative estimate of drug-likeness (QED) is 0.611. The van der Waals surface area contributed by atoms with E-state index < -0.39 is 5.60 Å². The minimum absolute atomic E-state index is 0.394. The standard InChI is InChI=1S/C18H29N3O3/c1-4-19-17(20-14-18(22)9-11-24-12-10-18)21(2)13-15-5-7-16(23-3)8-6-15/h5-8,22H,4,9-14H2,1-3H3,(H,19,20). The summed E-state index contributed by atoms with van der Waals surface area (Å²) >= 11 is 0. The Labute approximate surface area is 144 Å². The van der Waals surface area contributed by atoms with Crippen molar-refractivity contribution in [1.82, 2.24) is 10.2 Å². The molecule has 6 heteroatoms. The number of benzene rings is 1. The van der Waals surface area contributed by atoms with Gasteiger partial charge in [0, 0.05) is 46.2 Å². The molecule has 1 aliphatic rings. The Morgan fingerprint density at radius 1 is 1.33 bits per heavy atom. The second kappa shape index (κ2) is 8.89. The SMILES string of the molecule is CCNC(=NCC1(O)CCOCC1)N(C)Cc1ccc(OC)cc1. The molecule has 0 spiro atoms. The number of ether oxygens (including phenoxy) is 2. The molecule has 1 heterocycles. The van der Waals surface area contributed by atoms with Gasteiger partial charge in [0.25, 0.3) is 0 Å². The van der Waals surface area contributed by atoms with Crippen LogP contribution in [0, 0.1) is 0 Å². The largest absolute Gasteiger partial charge is 0.497 e. The van der Waals surface area contributed by atoms with Gasteiger partial charge in [-0.3, -0.25) is 4.99 Å². The van der Waals surface area contributed by atoms with Crippen molar-refractivity contribution in [3.05, 3.63) is 29.8 Å². The fraction of sp³-hybridized carbons (Fsp3) is 0.611. The van der Waals surface area contributed by atoms with Crippen LogP contribution in [0.3, 0.4) is 0 Å². The van der Waals surface area contributed by atoms with Gasteiger partial charge >= 0.3 is 0 Å². The van der Waals surface area contributed by atoms with Crippen molar-refractivity contribution >= 4 is 5.96 Å². The number of hydrogen-bond donors (Lipinski definition) is 2. The Balaban J connectivity index is 2.00. The van der Waals surface area contributed by atoms with Crippen molar-refractivity contribution in [2.45, 2.75) is 31.9 Å². The van der Waals surface area contributed by atoms with Crippen LogP contribution in [0.15, 0.2) is 29.3 Å². The lowest BCUT2D eigenvalue weighted by Gasteiger charge is -2.31. The van der Waals surface area contributed by atoms with Gasteiger partial charge in [-0.2, -0.15) is 0 Å². The minimum Gasteiger partial charge on any atom is -0.497 e. The van der Waals surface area contributed by atoms with Crippen molar-refractivity contribution in [3.8, 4) is 5.75 Å². The summed E-state index contributed by atoms with van der Waals surface area (Å²) in [5.41, 5.74) is 0.425. The maximum atomic E-state index is 10.6. The molecule has 134 valence electrons. The van der Waals surface area contributed by atoms with E-state index in [0.717, 1.165) is 24.8 Å². The molecule has 1 fully saturated rings. The van der Waals surface area contributed by atoms with E-state index in [-0.39, 0.29) is 0 Å². The van der Waals surface area contributed by atoms with E-state index >= 15 is 0 Å². The molecule has 2 N–H and O–H groups in total. The third-order valence-corrected chi connectivity index (χ3v) is 4.22. The highest BCUT2D eigenvalue weighted by Gasteiger charge is 2.29. The summed E-state index contributed by atoms with van der Waals surface area (Å²) < 4.78 is 10.5. The van der Waals surface area contributed by atoms with Gasteiger partial charge in [-0.05, 0) is 24.6 Å². The molecule has 0 radical (unpaired) electrons. The van der Waals surface area contributed by atoms with Crippen LogP contribution in [-0.2, 0) is 11.3 Å². The predicted octanol–water partition coefficient (Wildman–Crippen LogP) is 1.63. The molecule has 1 saturated heterocycles. The molecule has 0 unspecified atom stereocenters. The Morgan fingerprint density at radius 3 is 2.58 bits per heavy atom. The zero-order valence-corrected chi connectivity index (χ0v) is 14.9. The minimum atomic E-state index is -0.750. The predicted molar refractivity (Wildman–Crippen MR) is 95.4 cm³/mol. The maximum absolute atomic E-state index is 10.6. The van der Waals surface area contributed by atoms with Gasteiger partial charge < -0.3 is 24.8 Å². The second-order valence-corrected chi connectivity index (χ2v) is 6.21. The molecular weight excluding hydrogens is 306 g/mol. The van der Waals surface area contributed by atoms with Crippen molar-refractivity contribution in [2.24, 2.45) is 4.99 Å². The lowest BCUT2D eigenvalue weighted by molar-refractivity contribution is -0.0566. The second-order valence-electron chi connectivity index (χ2n) is 6.21. The number of hydrogen-bond acceptors (Lipinski definition) is 4. The highest BCUT2D eigenvalue weighted by atomic mass is 16.5. The zero-order valence-electron chi connectivity index (χ0n) is 14.9. The van der Waals surface area contributed by atoms with Crippen LogP contribution in [0.1, 0.15) is 25.3 Å². The molecule has 6 nitrogen and oxygen atoms in total. The molecule has 0 aromatic heterocycles. The van der Waals surface area contributed by atoms with Gasteiger partial charge in [0.05, 0.1) is 19.3 Å². The van der Waals surface area contributed by atoms with Crippen LogP contribution in [0.5, 0.6) is 5.75 Å². The Morgan fingerprint density at radius 2 is 2.00 bits per heavy atom. The van der Waals surface area contributed by atoms with Crippen LogP contribution in [-0.4, -0.2) is 62.0 Å². The van der Waals surface area contributed by atoms with E-state index in [4.69, 9.17) is 9.47 Å². The smallest absolute Gasteiger partial charge is 0.194 e. The lowest BCUT2D eigenvalue weighted by Crippen LogP contribution is -2.43. The van der Waals surface area contributed by atoms with Crippen molar-refractivity contribution < 1.29 is 14.6 Å². The number of nitrogens with zero attached hydrogens (tertiary/aromatic N) is 2. The molecule has 0 amide bonds. The molecule has 24 heavy (non-hydrogen) atoms. The normalized spacial score (nSPS) is 17.4. The number of methoxy groups -OCH3 is 1. The molecule has 0 saturated carbocycles. The van der Waals surface area contributed by atoms with Crippen molar-refractivity contribution in [2.75, 3.05) is 40.5 Å². The first-order valence-electron chi connectivity index (χ1n) is 8.49. The number of rotatable bonds is 6. The maximum Gasteiger partial charge on any atom is 0.194 e. The first-order valence-corrected chi connectivity index (χ1v) is 8.49. The summed E-state index contributed by atoms with van der Waals surface area (Å²) in [4.78, 5) is 6.70. The molecular formula is C18H29N3O3. The van der Waals surface area contributed by atoms with Crippen LogP contribution < -0.4 is 10.1 Å². The average molecular weight is 335 g/mol. The Bertz CT molecular complexity index is 525. The summed E-state index contributed by atoms with van der Waals surface area (Å²) in [6.45, 7) is 5.16. The van der Waals surface area contributed by atoms with E-state index in [9.17, 15) is 5.11 Å². The number of nitrogens with one attached hydrogen (secondary N) is 1. The summed E-state index contributed by atoms with van der Waals surface area (Å²) in [7, 11) is 3.66. The topological polar surface area (TPSA) is 66.3 Å². The average Bonchev–Trinajstić information content (AvgIpc) is 2.60. The summed E-state index contributed by atoms with van der Waals surface area (Å²) in [5, 5.41) is 13.9. The molecule has 1 aliphatic heterocycles. The molecule has 2 rings (SSSR count). The van der Waals surface area contributed by atoms with E-state index in [2.05, 4.69) is 15.2 Å². The van der Waals surface area contributed by atoms with Crippen LogP contribution >= 0.6 is 0 Å². The summed E-state index contributed by atoms with van der Waals surface area (Å²) in [5.74, 6) is 1.65. The molecule has 1 aromatic rings. The Hall–Kier alpha value is -1.79. The summed E-state index contributed by atoms with van der Waals surface area (Å²) in [6.07, 6.45) is 1.27. The van der Waals surface area contributed by atoms with E-state index in [1.807, 2.05) is 38.2 Å². The van der Waals surface area contributed by atoms with E-state index in [1.54, 1.807) is 7.11 Å². The summed E-state index contributed by atoms with van der Waals surface area (Å²) in [6, 6.07) is 8.01. The molecule has 0 aliphatic carbocycles. The monoisotopic (exact) mass is 335 g/mol. The molecule has 1 aromatic carbocycles. The van der Waals surface area contributed by atoms with Crippen molar-refractivity contribution in [1.29, 1.82) is 0 Å². The first kappa shape index (κ1) is 18.5. The highest BCUT2D eigenvalue weighted by molar-refractivity contribution is 5.79. The molecule has 0 bridgehead atoms. The van der Waals surface area contributed by atoms with Gasteiger partial charge in [-0.15, -0.1) is 0 Å². The number of aliphatic hydroxyl groups is 1. The highest BCUT2D eigenvalue weighted by Crippen LogP contribution is 2.20. The van der Waals surface area contributed by atoms with Crippen LogP contribution in [0.25, 0.3) is 0 Å². The van der Waals surface area contributed by atoms with Crippen molar-refractivity contribution in [3.63, 3.8) is 0 Å². The van der Waals surface area contributed by atoms with E-state index in [0.29, 0.717) is 32.6 Å². The van der Waals surface area contributed by atoms with Gasteiger partial charge in [0.2, 0.25) is 0 Å². The van der Waals surface area contributed by atoms with E-state index in [1.165, 1.54) is 5.56 Å². The zero-order chi connectivity index (χ0) is 17.4. The van der Waals surface area contributed by atoms with Crippen LogP contribution in [0.2, 0.25) is 0 Å². The first-order chi connectivity index (χ1) is 11.6. The van der Waals surface area contributed by atoms with Gasteiger partial charge in [-0.1, -0.05) is 12.1 Å².